The van der Waals surface area contributed by atoms with E-state index in [9.17, 15) is 4.79 Å². The highest BCUT2D eigenvalue weighted by atomic mass is 16.2. The lowest BCUT2D eigenvalue weighted by Gasteiger charge is -2.37. The molecule has 1 saturated heterocycles. The van der Waals surface area contributed by atoms with Crippen LogP contribution in [0.5, 0.6) is 0 Å². The summed E-state index contributed by atoms with van der Waals surface area (Å²) in [7, 11) is 2.00. The van der Waals surface area contributed by atoms with Gasteiger partial charge in [0.2, 0.25) is 5.95 Å². The Bertz CT molecular complexity index is 956. The number of aryl methyl sites for hydroxylation is 1. The maximum atomic E-state index is 13.0. The van der Waals surface area contributed by atoms with Crippen molar-refractivity contribution in [3.05, 3.63) is 60.0 Å². The third-order valence-electron chi connectivity index (χ3n) is 5.13. The lowest BCUT2D eigenvalue weighted by Crippen LogP contribution is -2.49. The number of fused-ring (bicyclic) bond motifs is 1. The number of piperidine rings is 1. The highest BCUT2D eigenvalue weighted by Gasteiger charge is 2.28. The van der Waals surface area contributed by atoms with E-state index in [2.05, 4.69) is 19.9 Å². The van der Waals surface area contributed by atoms with E-state index in [-0.39, 0.29) is 11.9 Å². The van der Waals surface area contributed by atoms with Crippen LogP contribution >= 0.6 is 0 Å². The molecule has 1 aliphatic rings. The zero-order valence-electron chi connectivity index (χ0n) is 15.7. The Morgan fingerprint density at radius 1 is 1.15 bits per heavy atom. The number of carbonyl (C=O) groups is 1. The summed E-state index contributed by atoms with van der Waals surface area (Å²) in [6.07, 6.45) is 5.62. The van der Waals surface area contributed by atoms with Gasteiger partial charge in [0.15, 0.2) is 0 Å². The van der Waals surface area contributed by atoms with Crippen LogP contribution in [0.2, 0.25) is 0 Å². The lowest BCUT2D eigenvalue weighted by molar-refractivity contribution is 0.0701. The quantitative estimate of drug-likeness (QED) is 0.717. The van der Waals surface area contributed by atoms with Gasteiger partial charge in [-0.25, -0.2) is 15.0 Å². The molecule has 6 nitrogen and oxygen atoms in total. The van der Waals surface area contributed by atoms with Gasteiger partial charge in [-0.05, 0) is 37.5 Å². The van der Waals surface area contributed by atoms with Gasteiger partial charge in [-0.2, -0.15) is 0 Å². The summed E-state index contributed by atoms with van der Waals surface area (Å²) in [6.45, 7) is 3.38. The van der Waals surface area contributed by atoms with E-state index in [4.69, 9.17) is 0 Å². The predicted octanol–water partition coefficient (Wildman–Crippen LogP) is 3.07. The molecule has 1 aliphatic heterocycles. The first-order valence-electron chi connectivity index (χ1n) is 9.28. The molecule has 1 aromatic carbocycles. The topological polar surface area (TPSA) is 62.2 Å². The van der Waals surface area contributed by atoms with Gasteiger partial charge in [-0.1, -0.05) is 24.3 Å². The number of likely N-dealkylation sites (N-methyl/N-ethyl adjacent to an activating group) is 1. The number of amides is 1. The summed E-state index contributed by atoms with van der Waals surface area (Å²) in [6, 6.07) is 11.8. The van der Waals surface area contributed by atoms with E-state index in [0.717, 1.165) is 35.9 Å². The van der Waals surface area contributed by atoms with Crippen LogP contribution < -0.4 is 4.90 Å². The molecule has 0 N–H and O–H groups in total. The number of benzene rings is 1. The van der Waals surface area contributed by atoms with Crippen molar-refractivity contribution >= 4 is 22.8 Å². The fraction of sp³-hybridized carbons (Fsp3) is 0.333. The van der Waals surface area contributed by atoms with Gasteiger partial charge in [-0.3, -0.25) is 4.79 Å². The first-order valence-corrected chi connectivity index (χ1v) is 9.28. The van der Waals surface area contributed by atoms with E-state index >= 15 is 0 Å². The van der Waals surface area contributed by atoms with Gasteiger partial charge in [0.25, 0.3) is 5.91 Å². The van der Waals surface area contributed by atoms with Gasteiger partial charge >= 0.3 is 0 Å². The second kappa shape index (κ2) is 7.31. The monoisotopic (exact) mass is 361 g/mol. The molecule has 0 spiro atoms. The van der Waals surface area contributed by atoms with Crippen molar-refractivity contribution < 1.29 is 4.79 Å². The second-order valence-corrected chi connectivity index (χ2v) is 7.11. The zero-order chi connectivity index (χ0) is 18.8. The first-order chi connectivity index (χ1) is 13.1. The number of anilines is 1. The van der Waals surface area contributed by atoms with Gasteiger partial charge < -0.3 is 9.80 Å². The molecule has 1 fully saturated rings. The van der Waals surface area contributed by atoms with Crippen LogP contribution in [-0.2, 0) is 0 Å². The molecule has 27 heavy (non-hydrogen) atoms. The van der Waals surface area contributed by atoms with Gasteiger partial charge in [0, 0.05) is 44.0 Å². The maximum Gasteiger partial charge on any atom is 0.272 e. The molecule has 3 aromatic rings. The van der Waals surface area contributed by atoms with Crippen molar-refractivity contribution in [1.29, 1.82) is 0 Å². The number of aromatic nitrogens is 3. The number of hydrogen-bond donors (Lipinski definition) is 0. The van der Waals surface area contributed by atoms with E-state index in [1.54, 1.807) is 0 Å². The number of pyridine rings is 1. The summed E-state index contributed by atoms with van der Waals surface area (Å²) < 4.78 is 0. The predicted molar refractivity (Wildman–Crippen MR) is 106 cm³/mol. The Morgan fingerprint density at radius 3 is 2.74 bits per heavy atom. The van der Waals surface area contributed by atoms with Crippen molar-refractivity contribution in [2.45, 2.75) is 25.8 Å². The number of hydrogen-bond acceptors (Lipinski definition) is 5. The minimum Gasteiger partial charge on any atom is -0.339 e. The fourth-order valence-electron chi connectivity index (χ4n) is 3.53. The van der Waals surface area contributed by atoms with Crippen LogP contribution in [0.3, 0.4) is 0 Å². The molecule has 4 rings (SSSR count). The molecule has 0 aliphatic carbocycles. The third-order valence-corrected chi connectivity index (χ3v) is 5.13. The van der Waals surface area contributed by atoms with Crippen molar-refractivity contribution in [3.63, 3.8) is 0 Å². The SMILES string of the molecule is Cc1cnc(N(C)C2CCCN(C(=O)c3ccc4ccccc4n3)C2)nc1. The Balaban J connectivity index is 1.51. The number of para-hydroxylation sites is 1. The van der Waals surface area contributed by atoms with E-state index in [0.29, 0.717) is 18.2 Å². The average molecular weight is 361 g/mol. The van der Waals surface area contributed by atoms with Crippen molar-refractivity contribution in [2.24, 2.45) is 0 Å². The lowest BCUT2D eigenvalue weighted by atomic mass is 10.0. The number of rotatable bonds is 3. The molecule has 2 aromatic heterocycles. The number of carbonyl (C=O) groups excluding carboxylic acids is 1. The second-order valence-electron chi connectivity index (χ2n) is 7.11. The highest BCUT2D eigenvalue weighted by molar-refractivity contribution is 5.95. The minimum absolute atomic E-state index is 0.0105. The van der Waals surface area contributed by atoms with Crippen LogP contribution in [-0.4, -0.2) is 51.9 Å². The summed E-state index contributed by atoms with van der Waals surface area (Å²) in [5.74, 6) is 0.687. The van der Waals surface area contributed by atoms with Gasteiger partial charge in [0.05, 0.1) is 5.52 Å². The summed E-state index contributed by atoms with van der Waals surface area (Å²) in [5, 5.41) is 1.04. The molecule has 3 heterocycles. The summed E-state index contributed by atoms with van der Waals surface area (Å²) in [4.78, 5) is 30.4. The van der Waals surface area contributed by atoms with Crippen LogP contribution in [0.4, 0.5) is 5.95 Å². The first kappa shape index (κ1) is 17.4. The Morgan fingerprint density at radius 2 is 1.93 bits per heavy atom. The molecule has 6 heteroatoms. The van der Waals surface area contributed by atoms with Crippen LogP contribution in [0, 0.1) is 6.92 Å². The van der Waals surface area contributed by atoms with E-state index in [1.807, 2.05) is 67.7 Å². The van der Waals surface area contributed by atoms with E-state index < -0.39 is 0 Å². The zero-order valence-corrected chi connectivity index (χ0v) is 15.7. The molecule has 1 amide bonds. The fourth-order valence-corrected chi connectivity index (χ4v) is 3.53. The molecule has 1 unspecified atom stereocenters. The smallest absolute Gasteiger partial charge is 0.272 e. The van der Waals surface area contributed by atoms with Crippen molar-refractivity contribution in [3.8, 4) is 0 Å². The maximum absolute atomic E-state index is 13.0. The third kappa shape index (κ3) is 3.60. The molecule has 0 bridgehead atoms. The molecule has 0 radical (unpaired) electrons. The summed E-state index contributed by atoms with van der Waals surface area (Å²) >= 11 is 0. The Kier molecular flexibility index (Phi) is 4.71. The summed E-state index contributed by atoms with van der Waals surface area (Å²) in [5.41, 5.74) is 2.39. The van der Waals surface area contributed by atoms with Gasteiger partial charge in [0.1, 0.15) is 5.69 Å². The molecule has 138 valence electrons. The largest absolute Gasteiger partial charge is 0.339 e. The Hall–Kier alpha value is -3.02. The molecule has 1 atom stereocenters. The standard InChI is InChI=1S/C21H23N5O/c1-15-12-22-21(23-13-15)25(2)17-7-5-11-26(14-17)20(27)19-10-9-16-6-3-4-8-18(16)24-19/h3-4,6,8-10,12-13,17H,5,7,11,14H2,1-2H3. The highest BCUT2D eigenvalue weighted by Crippen LogP contribution is 2.20. The number of likely N-dealkylation sites (tertiary alicyclic amines) is 1. The molecular formula is C21H23N5O. The van der Waals surface area contributed by atoms with Crippen LogP contribution in [0.15, 0.2) is 48.8 Å². The molecule has 0 saturated carbocycles. The normalized spacial score (nSPS) is 17.1. The van der Waals surface area contributed by atoms with Crippen LogP contribution in [0.1, 0.15) is 28.9 Å². The minimum atomic E-state index is -0.0105. The van der Waals surface area contributed by atoms with Crippen molar-refractivity contribution in [1.82, 2.24) is 19.9 Å². The van der Waals surface area contributed by atoms with Crippen LogP contribution in [0.25, 0.3) is 10.9 Å². The Labute approximate surface area is 158 Å². The van der Waals surface area contributed by atoms with Gasteiger partial charge in [-0.15, -0.1) is 0 Å². The molecular weight excluding hydrogens is 338 g/mol. The van der Waals surface area contributed by atoms with E-state index in [1.165, 1.54) is 0 Å². The number of nitrogens with zero attached hydrogens (tertiary/aromatic N) is 5. The van der Waals surface area contributed by atoms with Crippen molar-refractivity contribution in [2.75, 3.05) is 25.0 Å². The average Bonchev–Trinajstić information content (AvgIpc) is 2.73.